The van der Waals surface area contributed by atoms with Crippen molar-refractivity contribution in [3.05, 3.63) is 0 Å². The number of rotatable bonds is 52. The van der Waals surface area contributed by atoms with E-state index in [2.05, 4.69) is 20.8 Å². The molecule has 0 heterocycles. The van der Waals surface area contributed by atoms with E-state index in [4.69, 9.17) is 4.74 Å². The molecule has 1 atom stereocenters. The maximum atomic E-state index is 12.9. The van der Waals surface area contributed by atoms with Crippen molar-refractivity contribution >= 4 is 5.97 Å². The Hall–Kier alpha value is -0.530. The first-order chi connectivity index (χ1) is 28.7. The SMILES string of the molecule is CCCCCCCCCCCCCCCCCCCCCC(=O)OC(CCCCCCCCCCCCCCCC)CCCCCCCCCCCCCCCCC. The predicted molar refractivity (Wildman–Crippen MR) is 262 cm³/mol. The molecule has 0 aromatic carbocycles. The first kappa shape index (κ1) is 57.5. The maximum Gasteiger partial charge on any atom is 0.306 e. The predicted octanol–water partition coefficient (Wildman–Crippen LogP) is 20.9. The Morgan fingerprint density at radius 2 is 0.431 bits per heavy atom. The van der Waals surface area contributed by atoms with Gasteiger partial charge in [0.15, 0.2) is 0 Å². The summed E-state index contributed by atoms with van der Waals surface area (Å²) in [6.45, 7) is 6.91. The Bertz CT molecular complexity index is 732. The molecule has 0 saturated heterocycles. The van der Waals surface area contributed by atoms with Crippen LogP contribution in [0.4, 0.5) is 0 Å². The summed E-state index contributed by atoms with van der Waals surface area (Å²) in [4.78, 5) is 12.9. The number of hydrogen-bond donors (Lipinski definition) is 0. The summed E-state index contributed by atoms with van der Waals surface area (Å²) in [5.74, 6) is 0.0864. The number of unbranched alkanes of at least 4 members (excludes halogenated alkanes) is 45. The van der Waals surface area contributed by atoms with Crippen molar-refractivity contribution in [3.63, 3.8) is 0 Å². The molecule has 0 aromatic rings. The van der Waals surface area contributed by atoms with Gasteiger partial charge in [0, 0.05) is 6.42 Å². The van der Waals surface area contributed by atoms with Crippen LogP contribution in [-0.4, -0.2) is 12.1 Å². The van der Waals surface area contributed by atoms with E-state index in [-0.39, 0.29) is 12.1 Å². The van der Waals surface area contributed by atoms with Gasteiger partial charge in [0.05, 0.1) is 0 Å². The van der Waals surface area contributed by atoms with Crippen LogP contribution in [0, 0.1) is 0 Å². The van der Waals surface area contributed by atoms with Gasteiger partial charge in [-0.2, -0.15) is 0 Å². The second-order valence-corrected chi connectivity index (χ2v) is 19.3. The van der Waals surface area contributed by atoms with Crippen LogP contribution < -0.4 is 0 Å². The molecular formula is C56H112O2. The van der Waals surface area contributed by atoms with Crippen molar-refractivity contribution in [2.24, 2.45) is 0 Å². The van der Waals surface area contributed by atoms with E-state index in [0.29, 0.717) is 6.42 Å². The summed E-state index contributed by atoms with van der Waals surface area (Å²) < 4.78 is 6.18. The Morgan fingerprint density at radius 3 is 0.638 bits per heavy atom. The molecule has 2 nitrogen and oxygen atoms in total. The first-order valence-corrected chi connectivity index (χ1v) is 27.9. The fourth-order valence-corrected chi connectivity index (χ4v) is 9.16. The van der Waals surface area contributed by atoms with Gasteiger partial charge in [-0.05, 0) is 32.1 Å². The van der Waals surface area contributed by atoms with Crippen molar-refractivity contribution < 1.29 is 9.53 Å². The Balaban J connectivity index is 4.03. The van der Waals surface area contributed by atoms with Gasteiger partial charge >= 0.3 is 5.97 Å². The minimum atomic E-state index is 0.0864. The molecule has 0 saturated carbocycles. The molecule has 0 radical (unpaired) electrons. The molecule has 0 N–H and O–H groups in total. The Labute approximate surface area is 368 Å². The average molecular weight is 818 g/mol. The average Bonchev–Trinajstić information content (AvgIpc) is 3.23. The van der Waals surface area contributed by atoms with Crippen molar-refractivity contribution in [2.45, 2.75) is 354 Å². The molecule has 0 aliphatic heterocycles. The minimum absolute atomic E-state index is 0.0864. The summed E-state index contributed by atoms with van der Waals surface area (Å²) in [5, 5.41) is 0. The van der Waals surface area contributed by atoms with E-state index in [9.17, 15) is 4.79 Å². The lowest BCUT2D eigenvalue weighted by atomic mass is 10.0. The van der Waals surface area contributed by atoms with Crippen molar-refractivity contribution in [1.82, 2.24) is 0 Å². The molecule has 0 spiro atoms. The minimum Gasteiger partial charge on any atom is -0.462 e. The molecule has 0 aliphatic rings. The largest absolute Gasteiger partial charge is 0.462 e. The molecule has 0 rings (SSSR count). The highest BCUT2D eigenvalue weighted by atomic mass is 16.5. The Kier molecular flexibility index (Phi) is 52.1. The number of carbonyl (C=O) groups is 1. The van der Waals surface area contributed by atoms with Crippen molar-refractivity contribution in [2.75, 3.05) is 0 Å². The van der Waals surface area contributed by atoms with E-state index >= 15 is 0 Å². The zero-order valence-electron chi connectivity index (χ0n) is 41.0. The van der Waals surface area contributed by atoms with E-state index in [1.165, 1.54) is 302 Å². The highest BCUT2D eigenvalue weighted by Crippen LogP contribution is 2.21. The quantitative estimate of drug-likeness (QED) is 0.0451. The molecule has 348 valence electrons. The maximum absolute atomic E-state index is 12.9. The Morgan fingerprint density at radius 1 is 0.259 bits per heavy atom. The lowest BCUT2D eigenvalue weighted by Gasteiger charge is -2.18. The number of hydrogen-bond acceptors (Lipinski definition) is 2. The second kappa shape index (κ2) is 52.6. The van der Waals surface area contributed by atoms with Crippen LogP contribution >= 0.6 is 0 Å². The van der Waals surface area contributed by atoms with Gasteiger partial charge < -0.3 is 4.74 Å². The lowest BCUT2D eigenvalue weighted by Crippen LogP contribution is -2.18. The fraction of sp³-hybridized carbons (Fsp3) is 0.982. The van der Waals surface area contributed by atoms with Crippen LogP contribution in [0.25, 0.3) is 0 Å². The first-order valence-electron chi connectivity index (χ1n) is 27.9. The fourth-order valence-electron chi connectivity index (χ4n) is 9.16. The van der Waals surface area contributed by atoms with Crippen molar-refractivity contribution in [1.29, 1.82) is 0 Å². The summed E-state index contributed by atoms with van der Waals surface area (Å²) >= 11 is 0. The van der Waals surface area contributed by atoms with Crippen LogP contribution in [0.3, 0.4) is 0 Å². The third-order valence-electron chi connectivity index (χ3n) is 13.3. The smallest absolute Gasteiger partial charge is 0.306 e. The standard InChI is InChI=1S/C56H112O2/c1-4-7-10-13-16-19-22-25-28-29-30-31-33-36-39-42-45-48-51-54-56(57)58-55(52-49-46-43-40-37-34-27-24-21-18-15-12-9-6-3)53-50-47-44-41-38-35-32-26-23-20-17-14-11-8-5-2/h55H,4-54H2,1-3H3. The van der Waals surface area contributed by atoms with Crippen LogP contribution in [0.5, 0.6) is 0 Å². The van der Waals surface area contributed by atoms with E-state index < -0.39 is 0 Å². The van der Waals surface area contributed by atoms with Gasteiger partial charge in [-0.25, -0.2) is 0 Å². The van der Waals surface area contributed by atoms with Crippen LogP contribution in [-0.2, 0) is 9.53 Å². The van der Waals surface area contributed by atoms with Crippen LogP contribution in [0.15, 0.2) is 0 Å². The van der Waals surface area contributed by atoms with E-state index in [1.54, 1.807) is 0 Å². The summed E-state index contributed by atoms with van der Waals surface area (Å²) in [6.07, 6.45) is 69.9. The molecule has 58 heavy (non-hydrogen) atoms. The third kappa shape index (κ3) is 49.8. The van der Waals surface area contributed by atoms with Gasteiger partial charge in [-0.3, -0.25) is 4.79 Å². The van der Waals surface area contributed by atoms with Crippen LogP contribution in [0.2, 0.25) is 0 Å². The highest BCUT2D eigenvalue weighted by Gasteiger charge is 2.14. The molecule has 1 unspecified atom stereocenters. The molecule has 0 fully saturated rings. The van der Waals surface area contributed by atoms with Crippen LogP contribution in [0.1, 0.15) is 348 Å². The molecule has 2 heteroatoms. The van der Waals surface area contributed by atoms with Gasteiger partial charge in [-0.15, -0.1) is 0 Å². The van der Waals surface area contributed by atoms with Gasteiger partial charge in [0.2, 0.25) is 0 Å². The number of carbonyl (C=O) groups excluding carboxylic acids is 1. The third-order valence-corrected chi connectivity index (χ3v) is 13.3. The normalized spacial score (nSPS) is 12.1. The van der Waals surface area contributed by atoms with Crippen molar-refractivity contribution in [3.8, 4) is 0 Å². The number of ether oxygens (including phenoxy) is 1. The van der Waals surface area contributed by atoms with Gasteiger partial charge in [0.25, 0.3) is 0 Å². The zero-order valence-corrected chi connectivity index (χ0v) is 41.0. The summed E-state index contributed by atoms with van der Waals surface area (Å²) in [6, 6.07) is 0. The molecule has 0 bridgehead atoms. The molecule has 0 aromatic heterocycles. The van der Waals surface area contributed by atoms with Gasteiger partial charge in [-0.1, -0.05) is 310 Å². The monoisotopic (exact) mass is 817 g/mol. The summed E-state index contributed by atoms with van der Waals surface area (Å²) in [5.41, 5.74) is 0. The molecule has 0 amide bonds. The topological polar surface area (TPSA) is 26.3 Å². The molecular weight excluding hydrogens is 705 g/mol. The molecule has 0 aliphatic carbocycles. The highest BCUT2D eigenvalue weighted by molar-refractivity contribution is 5.69. The zero-order chi connectivity index (χ0) is 41.9. The lowest BCUT2D eigenvalue weighted by molar-refractivity contribution is -0.150. The summed E-state index contributed by atoms with van der Waals surface area (Å²) in [7, 11) is 0. The number of esters is 1. The second-order valence-electron chi connectivity index (χ2n) is 19.3. The van der Waals surface area contributed by atoms with Gasteiger partial charge in [0.1, 0.15) is 6.10 Å². The van der Waals surface area contributed by atoms with E-state index in [0.717, 1.165) is 19.3 Å². The van der Waals surface area contributed by atoms with E-state index in [1.807, 2.05) is 0 Å².